The molecule has 0 spiro atoms. The molecule has 0 saturated carbocycles. The molecule has 1 aromatic carbocycles. The Kier molecular flexibility index (Phi) is 6.53. The molecule has 1 unspecified atom stereocenters. The molecule has 0 fully saturated rings. The fraction of sp³-hybridized carbons (Fsp3) is 0.533. The number of hydrogen-bond acceptors (Lipinski definition) is 3. The van der Waals surface area contributed by atoms with Crippen molar-refractivity contribution < 1.29 is 9.53 Å². The summed E-state index contributed by atoms with van der Waals surface area (Å²) in [4.78, 5) is 11.9. The van der Waals surface area contributed by atoms with Crippen molar-refractivity contribution in [2.45, 2.75) is 39.5 Å². The summed E-state index contributed by atoms with van der Waals surface area (Å²) in [6.45, 7) is 5.06. The number of carbonyl (C=O) groups excluding carboxylic acids is 1. The van der Waals surface area contributed by atoms with Gasteiger partial charge in [-0.05, 0) is 17.0 Å². The maximum absolute atomic E-state index is 11.9. The van der Waals surface area contributed by atoms with E-state index in [9.17, 15) is 4.79 Å². The average molecular weight is 264 g/mol. The number of ether oxygens (including phenoxy) is 1. The first-order chi connectivity index (χ1) is 9.10. The number of benzene rings is 1. The van der Waals surface area contributed by atoms with Crippen molar-refractivity contribution in [3.63, 3.8) is 0 Å². The fourth-order valence-corrected chi connectivity index (χ4v) is 1.84. The van der Waals surface area contributed by atoms with E-state index in [1.54, 1.807) is 7.11 Å². The number of nitrogens with one attached hydrogen (secondary N) is 1. The van der Waals surface area contributed by atoms with E-state index >= 15 is 0 Å². The maximum atomic E-state index is 11.9. The first-order valence-corrected chi connectivity index (χ1v) is 6.69. The average Bonchev–Trinajstić information content (AvgIpc) is 2.44. The van der Waals surface area contributed by atoms with Crippen molar-refractivity contribution in [3.05, 3.63) is 35.4 Å². The van der Waals surface area contributed by atoms with Gasteiger partial charge in [-0.1, -0.05) is 44.5 Å². The Labute approximate surface area is 115 Å². The van der Waals surface area contributed by atoms with Crippen LogP contribution in [0.25, 0.3) is 0 Å². The third-order valence-electron chi connectivity index (χ3n) is 3.43. The summed E-state index contributed by atoms with van der Waals surface area (Å²) in [6, 6.07) is 7.46. The Morgan fingerprint density at radius 3 is 2.58 bits per heavy atom. The van der Waals surface area contributed by atoms with Crippen LogP contribution in [-0.2, 0) is 22.7 Å². The van der Waals surface area contributed by atoms with E-state index in [-0.39, 0.29) is 11.8 Å². The van der Waals surface area contributed by atoms with E-state index < -0.39 is 6.04 Å². The van der Waals surface area contributed by atoms with Crippen molar-refractivity contribution in [3.8, 4) is 0 Å². The summed E-state index contributed by atoms with van der Waals surface area (Å²) >= 11 is 0. The Morgan fingerprint density at radius 2 is 2.00 bits per heavy atom. The molecule has 0 aromatic heterocycles. The summed E-state index contributed by atoms with van der Waals surface area (Å²) in [6.07, 6.45) is 0.898. The molecule has 2 atom stereocenters. The van der Waals surface area contributed by atoms with Crippen LogP contribution in [0.2, 0.25) is 0 Å². The Hall–Kier alpha value is -1.39. The van der Waals surface area contributed by atoms with Gasteiger partial charge >= 0.3 is 0 Å². The molecule has 106 valence electrons. The molecule has 1 rings (SSSR count). The lowest BCUT2D eigenvalue weighted by molar-refractivity contribution is -0.123. The molecule has 0 radical (unpaired) electrons. The lowest BCUT2D eigenvalue weighted by atomic mass is 9.99. The number of methoxy groups -OCH3 is 1. The van der Waals surface area contributed by atoms with Crippen LogP contribution >= 0.6 is 0 Å². The van der Waals surface area contributed by atoms with Crippen molar-refractivity contribution in [1.82, 2.24) is 5.32 Å². The van der Waals surface area contributed by atoms with Gasteiger partial charge in [-0.25, -0.2) is 0 Å². The molecule has 1 aromatic rings. The molecule has 4 heteroatoms. The van der Waals surface area contributed by atoms with Crippen molar-refractivity contribution in [1.29, 1.82) is 0 Å². The van der Waals surface area contributed by atoms with Crippen LogP contribution in [0.4, 0.5) is 0 Å². The minimum Gasteiger partial charge on any atom is -0.380 e. The lowest BCUT2D eigenvalue weighted by Crippen LogP contribution is -2.44. The molecular formula is C15H24N2O2. The van der Waals surface area contributed by atoms with Crippen molar-refractivity contribution >= 4 is 5.91 Å². The highest BCUT2D eigenvalue weighted by Crippen LogP contribution is 2.10. The van der Waals surface area contributed by atoms with Gasteiger partial charge in [0.05, 0.1) is 12.6 Å². The summed E-state index contributed by atoms with van der Waals surface area (Å²) in [5, 5.41) is 2.89. The van der Waals surface area contributed by atoms with Gasteiger partial charge in [0.15, 0.2) is 0 Å². The zero-order valence-corrected chi connectivity index (χ0v) is 12.0. The second-order valence-electron chi connectivity index (χ2n) is 4.83. The van der Waals surface area contributed by atoms with Gasteiger partial charge in [-0.2, -0.15) is 0 Å². The highest BCUT2D eigenvalue weighted by molar-refractivity contribution is 5.81. The molecule has 0 aliphatic rings. The Bertz CT molecular complexity index is 407. The van der Waals surface area contributed by atoms with Crippen LogP contribution in [-0.4, -0.2) is 19.1 Å². The molecule has 0 bridgehead atoms. The molecule has 3 N–H and O–H groups in total. The molecule has 0 aliphatic heterocycles. The maximum Gasteiger partial charge on any atom is 0.237 e. The second-order valence-corrected chi connectivity index (χ2v) is 4.83. The quantitative estimate of drug-likeness (QED) is 0.789. The highest BCUT2D eigenvalue weighted by Gasteiger charge is 2.19. The third kappa shape index (κ3) is 4.65. The van der Waals surface area contributed by atoms with Gasteiger partial charge in [-0.15, -0.1) is 0 Å². The number of carbonyl (C=O) groups is 1. The van der Waals surface area contributed by atoms with Gasteiger partial charge in [-0.3, -0.25) is 4.79 Å². The van der Waals surface area contributed by atoms with E-state index in [1.165, 1.54) is 0 Å². The molecule has 0 saturated heterocycles. The standard InChI is InChI=1S/C15H24N2O2/c1-4-11(2)14(16)15(18)17-9-12-7-5-6-8-13(12)10-19-3/h5-8,11,14H,4,9-10,16H2,1-3H3,(H,17,18)/t11?,14-/m0/s1. The van der Waals surface area contributed by atoms with Crippen LogP contribution < -0.4 is 11.1 Å². The molecule has 19 heavy (non-hydrogen) atoms. The topological polar surface area (TPSA) is 64.4 Å². The molecule has 0 aliphatic carbocycles. The number of amides is 1. The van der Waals surface area contributed by atoms with E-state index in [0.717, 1.165) is 17.5 Å². The highest BCUT2D eigenvalue weighted by atomic mass is 16.5. The zero-order chi connectivity index (χ0) is 14.3. The second kappa shape index (κ2) is 7.92. The van der Waals surface area contributed by atoms with Crippen molar-refractivity contribution in [2.24, 2.45) is 11.7 Å². The van der Waals surface area contributed by atoms with E-state index in [4.69, 9.17) is 10.5 Å². The van der Waals surface area contributed by atoms with Gasteiger partial charge in [0.1, 0.15) is 0 Å². The minimum absolute atomic E-state index is 0.0958. The Morgan fingerprint density at radius 1 is 1.37 bits per heavy atom. The SMILES string of the molecule is CCC(C)[C@H](N)C(=O)NCc1ccccc1COC. The van der Waals surface area contributed by atoms with E-state index in [2.05, 4.69) is 5.32 Å². The molecule has 1 amide bonds. The van der Waals surface area contributed by atoms with Crippen LogP contribution in [0.5, 0.6) is 0 Å². The summed E-state index contributed by atoms with van der Waals surface area (Å²) in [5.41, 5.74) is 8.04. The van der Waals surface area contributed by atoms with E-state index in [1.807, 2.05) is 38.1 Å². The van der Waals surface area contributed by atoms with Crippen LogP contribution in [0, 0.1) is 5.92 Å². The summed E-state index contributed by atoms with van der Waals surface area (Å²) < 4.78 is 5.14. The third-order valence-corrected chi connectivity index (χ3v) is 3.43. The largest absolute Gasteiger partial charge is 0.380 e. The predicted molar refractivity (Wildman–Crippen MR) is 76.4 cm³/mol. The fourth-order valence-electron chi connectivity index (χ4n) is 1.84. The van der Waals surface area contributed by atoms with Gasteiger partial charge < -0.3 is 15.8 Å². The molecular weight excluding hydrogens is 240 g/mol. The Balaban J connectivity index is 2.59. The van der Waals surface area contributed by atoms with Crippen LogP contribution in [0.3, 0.4) is 0 Å². The first-order valence-electron chi connectivity index (χ1n) is 6.69. The normalized spacial score (nSPS) is 13.9. The first kappa shape index (κ1) is 15.7. The van der Waals surface area contributed by atoms with Crippen molar-refractivity contribution in [2.75, 3.05) is 7.11 Å². The predicted octanol–water partition coefficient (Wildman–Crippen LogP) is 1.82. The molecule has 0 heterocycles. The van der Waals surface area contributed by atoms with Gasteiger partial charge in [0, 0.05) is 13.7 Å². The minimum atomic E-state index is -0.445. The number of hydrogen-bond donors (Lipinski definition) is 2. The van der Waals surface area contributed by atoms with Gasteiger partial charge in [0.25, 0.3) is 0 Å². The number of rotatable bonds is 7. The van der Waals surface area contributed by atoms with Crippen LogP contribution in [0.1, 0.15) is 31.4 Å². The monoisotopic (exact) mass is 264 g/mol. The molecule has 4 nitrogen and oxygen atoms in total. The zero-order valence-electron chi connectivity index (χ0n) is 12.0. The van der Waals surface area contributed by atoms with Crippen LogP contribution in [0.15, 0.2) is 24.3 Å². The number of nitrogens with two attached hydrogens (primary N) is 1. The lowest BCUT2D eigenvalue weighted by Gasteiger charge is -2.18. The van der Waals surface area contributed by atoms with Gasteiger partial charge in [0.2, 0.25) is 5.91 Å². The summed E-state index contributed by atoms with van der Waals surface area (Å²) in [7, 11) is 1.66. The smallest absolute Gasteiger partial charge is 0.237 e. The van der Waals surface area contributed by atoms with E-state index in [0.29, 0.717) is 13.2 Å². The summed E-state index contributed by atoms with van der Waals surface area (Å²) in [5.74, 6) is 0.0933.